The molecule has 112 valence electrons. The average Bonchev–Trinajstić information content (AvgIpc) is 2.97. The predicted molar refractivity (Wildman–Crippen MR) is 80.4 cm³/mol. The number of imidazole rings is 1. The molecule has 1 unspecified atom stereocenters. The van der Waals surface area contributed by atoms with Crippen LogP contribution >= 0.6 is 0 Å². The highest BCUT2D eigenvalue weighted by Gasteiger charge is 2.25. The molecule has 0 amide bonds. The summed E-state index contributed by atoms with van der Waals surface area (Å²) in [5.41, 5.74) is 2.25. The van der Waals surface area contributed by atoms with Gasteiger partial charge in [-0.2, -0.15) is 0 Å². The van der Waals surface area contributed by atoms with Crippen LogP contribution in [0.2, 0.25) is 0 Å². The van der Waals surface area contributed by atoms with Crippen LogP contribution in [0.4, 0.5) is 0 Å². The molecule has 5 heteroatoms. The topological polar surface area (TPSA) is 46.8 Å². The SMILES string of the molecule is CCN1CCCCC1c1cn2cccc(C(=O)OC)c2n1. The number of carbonyl (C=O) groups is 1. The standard InChI is InChI=1S/C16H21N3O2/c1-3-18-9-5-4-8-14(18)13-11-19-10-6-7-12(15(19)17-13)16(20)21-2/h6-7,10-11,14H,3-5,8-9H2,1-2H3. The number of aromatic nitrogens is 2. The van der Waals surface area contributed by atoms with Crippen molar-refractivity contribution in [3.05, 3.63) is 35.8 Å². The molecule has 0 saturated carbocycles. The molecule has 1 aliphatic rings. The number of hydrogen-bond acceptors (Lipinski definition) is 4. The second-order valence-electron chi connectivity index (χ2n) is 5.45. The van der Waals surface area contributed by atoms with Crippen molar-refractivity contribution in [3.63, 3.8) is 0 Å². The van der Waals surface area contributed by atoms with E-state index >= 15 is 0 Å². The fourth-order valence-corrected chi connectivity index (χ4v) is 3.17. The van der Waals surface area contributed by atoms with Gasteiger partial charge in [-0.25, -0.2) is 9.78 Å². The summed E-state index contributed by atoms with van der Waals surface area (Å²) in [4.78, 5) is 19.0. The molecule has 1 saturated heterocycles. The van der Waals surface area contributed by atoms with E-state index in [1.807, 2.05) is 22.9 Å². The maximum absolute atomic E-state index is 11.8. The van der Waals surface area contributed by atoms with Gasteiger partial charge < -0.3 is 9.14 Å². The van der Waals surface area contributed by atoms with Gasteiger partial charge in [0.15, 0.2) is 5.65 Å². The van der Waals surface area contributed by atoms with Crippen LogP contribution in [-0.2, 0) is 4.74 Å². The van der Waals surface area contributed by atoms with E-state index in [9.17, 15) is 4.79 Å². The molecular weight excluding hydrogens is 266 g/mol. The summed E-state index contributed by atoms with van der Waals surface area (Å²) in [5.74, 6) is -0.339. The Kier molecular flexibility index (Phi) is 3.92. The molecule has 2 aromatic rings. The third kappa shape index (κ3) is 2.53. The highest BCUT2D eigenvalue weighted by Crippen LogP contribution is 2.30. The van der Waals surface area contributed by atoms with E-state index < -0.39 is 0 Å². The first kappa shape index (κ1) is 14.1. The van der Waals surface area contributed by atoms with Gasteiger partial charge in [-0.1, -0.05) is 13.3 Å². The van der Waals surface area contributed by atoms with Crippen molar-refractivity contribution >= 4 is 11.6 Å². The first-order valence-electron chi connectivity index (χ1n) is 7.54. The Bertz CT molecular complexity index is 650. The van der Waals surface area contributed by atoms with E-state index in [0.29, 0.717) is 17.3 Å². The van der Waals surface area contributed by atoms with Gasteiger partial charge in [-0.05, 0) is 38.1 Å². The average molecular weight is 287 g/mol. The maximum atomic E-state index is 11.8. The fourth-order valence-electron chi connectivity index (χ4n) is 3.17. The van der Waals surface area contributed by atoms with E-state index in [1.54, 1.807) is 6.07 Å². The van der Waals surface area contributed by atoms with Gasteiger partial charge in [0.05, 0.1) is 18.8 Å². The van der Waals surface area contributed by atoms with Gasteiger partial charge >= 0.3 is 5.97 Å². The molecule has 0 radical (unpaired) electrons. The van der Waals surface area contributed by atoms with Gasteiger partial charge in [0, 0.05) is 12.4 Å². The lowest BCUT2D eigenvalue weighted by Gasteiger charge is -2.33. The van der Waals surface area contributed by atoms with Crippen molar-refractivity contribution in [3.8, 4) is 0 Å². The minimum atomic E-state index is -0.339. The highest BCUT2D eigenvalue weighted by molar-refractivity contribution is 5.95. The Balaban J connectivity index is 2.02. The molecule has 3 heterocycles. The smallest absolute Gasteiger partial charge is 0.341 e. The Labute approximate surface area is 124 Å². The number of pyridine rings is 1. The van der Waals surface area contributed by atoms with E-state index in [4.69, 9.17) is 9.72 Å². The number of carbonyl (C=O) groups excluding carboxylic acids is 1. The lowest BCUT2D eigenvalue weighted by molar-refractivity contribution is 0.0602. The number of piperidine rings is 1. The molecule has 0 N–H and O–H groups in total. The van der Waals surface area contributed by atoms with Crippen molar-refractivity contribution in [2.45, 2.75) is 32.2 Å². The van der Waals surface area contributed by atoms with Gasteiger partial charge in [0.25, 0.3) is 0 Å². The number of esters is 1. The van der Waals surface area contributed by atoms with Crippen molar-refractivity contribution in [2.24, 2.45) is 0 Å². The number of methoxy groups -OCH3 is 1. The molecule has 0 spiro atoms. The highest BCUT2D eigenvalue weighted by atomic mass is 16.5. The van der Waals surface area contributed by atoms with Crippen molar-refractivity contribution < 1.29 is 9.53 Å². The number of nitrogens with zero attached hydrogens (tertiary/aromatic N) is 3. The molecular formula is C16H21N3O2. The molecule has 21 heavy (non-hydrogen) atoms. The summed E-state index contributed by atoms with van der Waals surface area (Å²) >= 11 is 0. The minimum Gasteiger partial charge on any atom is -0.465 e. The fraction of sp³-hybridized carbons (Fsp3) is 0.500. The van der Waals surface area contributed by atoms with Crippen molar-refractivity contribution in [1.82, 2.24) is 14.3 Å². The maximum Gasteiger partial charge on any atom is 0.341 e. The Hall–Kier alpha value is -1.88. The predicted octanol–water partition coefficient (Wildman–Crippen LogP) is 2.67. The zero-order valence-electron chi connectivity index (χ0n) is 12.6. The quantitative estimate of drug-likeness (QED) is 0.814. The summed E-state index contributed by atoms with van der Waals surface area (Å²) in [6.45, 7) is 4.34. The van der Waals surface area contributed by atoms with Crippen LogP contribution in [0.15, 0.2) is 24.5 Å². The monoisotopic (exact) mass is 287 g/mol. The van der Waals surface area contributed by atoms with Crippen molar-refractivity contribution in [2.75, 3.05) is 20.2 Å². The molecule has 1 aliphatic heterocycles. The van der Waals surface area contributed by atoms with Crippen LogP contribution in [0, 0.1) is 0 Å². The van der Waals surface area contributed by atoms with Crippen LogP contribution in [0.3, 0.4) is 0 Å². The first-order valence-corrected chi connectivity index (χ1v) is 7.54. The summed E-state index contributed by atoms with van der Waals surface area (Å²) in [6, 6.07) is 3.97. The zero-order chi connectivity index (χ0) is 14.8. The van der Waals surface area contributed by atoms with E-state index in [-0.39, 0.29) is 5.97 Å². The van der Waals surface area contributed by atoms with Crippen LogP contribution in [0.1, 0.15) is 48.3 Å². The van der Waals surface area contributed by atoms with Crippen molar-refractivity contribution in [1.29, 1.82) is 0 Å². The zero-order valence-corrected chi connectivity index (χ0v) is 12.6. The van der Waals surface area contributed by atoms with Gasteiger partial charge in [0.1, 0.15) is 5.56 Å². The third-order valence-electron chi connectivity index (χ3n) is 4.27. The molecule has 3 rings (SSSR count). The van der Waals surface area contributed by atoms with E-state index in [2.05, 4.69) is 11.8 Å². The summed E-state index contributed by atoms with van der Waals surface area (Å²) in [6.07, 6.45) is 7.59. The number of fused-ring (bicyclic) bond motifs is 1. The number of ether oxygens (including phenoxy) is 1. The second kappa shape index (κ2) is 5.85. The summed E-state index contributed by atoms with van der Waals surface area (Å²) in [7, 11) is 1.40. The third-order valence-corrected chi connectivity index (χ3v) is 4.27. The summed E-state index contributed by atoms with van der Waals surface area (Å²) < 4.78 is 6.76. The minimum absolute atomic E-state index is 0.339. The van der Waals surface area contributed by atoms with Crippen LogP contribution in [0.5, 0.6) is 0 Å². The molecule has 1 atom stereocenters. The number of hydrogen-bond donors (Lipinski definition) is 0. The molecule has 1 fully saturated rings. The van der Waals surface area contributed by atoms with E-state index in [1.165, 1.54) is 20.0 Å². The number of likely N-dealkylation sites (tertiary alicyclic amines) is 1. The lowest BCUT2D eigenvalue weighted by atomic mass is 10.00. The first-order chi connectivity index (χ1) is 10.2. The molecule has 0 aromatic carbocycles. The Morgan fingerprint density at radius 1 is 1.48 bits per heavy atom. The van der Waals surface area contributed by atoms with Gasteiger partial charge in [-0.15, -0.1) is 0 Å². The van der Waals surface area contributed by atoms with Gasteiger partial charge in [-0.3, -0.25) is 4.90 Å². The Morgan fingerprint density at radius 2 is 2.33 bits per heavy atom. The number of rotatable bonds is 3. The largest absolute Gasteiger partial charge is 0.465 e. The van der Waals surface area contributed by atoms with Crippen LogP contribution in [0.25, 0.3) is 5.65 Å². The van der Waals surface area contributed by atoms with E-state index in [0.717, 1.165) is 25.2 Å². The Morgan fingerprint density at radius 3 is 3.10 bits per heavy atom. The molecule has 2 aromatic heterocycles. The lowest BCUT2D eigenvalue weighted by Crippen LogP contribution is -2.33. The second-order valence-corrected chi connectivity index (χ2v) is 5.45. The van der Waals surface area contributed by atoms with Crippen LogP contribution in [-0.4, -0.2) is 40.5 Å². The molecule has 0 aliphatic carbocycles. The van der Waals surface area contributed by atoms with Crippen LogP contribution < -0.4 is 0 Å². The molecule has 0 bridgehead atoms. The van der Waals surface area contributed by atoms with Gasteiger partial charge in [0.2, 0.25) is 0 Å². The summed E-state index contributed by atoms with van der Waals surface area (Å²) in [5, 5.41) is 0. The normalized spacial score (nSPS) is 19.8. The molecule has 5 nitrogen and oxygen atoms in total.